The third kappa shape index (κ3) is 3.41. The summed E-state index contributed by atoms with van der Waals surface area (Å²) in [7, 11) is 0. The second kappa shape index (κ2) is 7.36. The fourth-order valence-electron chi connectivity index (χ4n) is 3.56. The van der Waals surface area contributed by atoms with Crippen molar-refractivity contribution in [1.82, 2.24) is 14.5 Å². The van der Waals surface area contributed by atoms with Crippen molar-refractivity contribution in [2.75, 3.05) is 0 Å². The molecule has 30 heavy (non-hydrogen) atoms. The molecule has 0 radical (unpaired) electrons. The summed E-state index contributed by atoms with van der Waals surface area (Å²) in [6.45, 7) is 3.71. The summed E-state index contributed by atoms with van der Waals surface area (Å²) < 4.78 is 43.4. The maximum absolute atomic E-state index is 13.9. The van der Waals surface area contributed by atoms with Crippen LogP contribution in [0.4, 0.5) is 13.2 Å². The summed E-state index contributed by atoms with van der Waals surface area (Å²) in [5.41, 5.74) is -1.31. The molecule has 0 saturated heterocycles. The van der Waals surface area contributed by atoms with E-state index in [2.05, 4.69) is 9.97 Å². The van der Waals surface area contributed by atoms with Gasteiger partial charge in [-0.3, -0.25) is 14.3 Å². The van der Waals surface area contributed by atoms with Gasteiger partial charge in [-0.05, 0) is 48.5 Å². The van der Waals surface area contributed by atoms with Crippen LogP contribution in [0.15, 0.2) is 53.3 Å². The first kappa shape index (κ1) is 20.3. The number of alkyl halides is 3. The van der Waals surface area contributed by atoms with Crippen molar-refractivity contribution < 1.29 is 13.2 Å². The number of hydrogen-bond donors (Lipinski definition) is 1. The Morgan fingerprint density at radius 3 is 2.50 bits per heavy atom. The van der Waals surface area contributed by atoms with Crippen molar-refractivity contribution in [2.45, 2.75) is 32.5 Å². The Morgan fingerprint density at radius 2 is 1.83 bits per heavy atom. The van der Waals surface area contributed by atoms with E-state index in [1.807, 2.05) is 44.2 Å². The standard InChI is InChI=1S/C22H18F3N3OS/c1-3-12(2)28-19-18(20(29)27-21(28)30)16(22(23,24)25)11-17(26-19)15-9-8-13-6-4-5-7-14(13)10-15/h4-12H,3H2,1-2H3,(H,27,29,30). The number of benzene rings is 2. The minimum absolute atomic E-state index is 0.0538. The Kier molecular flexibility index (Phi) is 4.97. The van der Waals surface area contributed by atoms with Gasteiger partial charge in [0.05, 0.1) is 16.6 Å². The molecule has 0 bridgehead atoms. The van der Waals surface area contributed by atoms with Gasteiger partial charge in [0.25, 0.3) is 5.56 Å². The third-order valence-corrected chi connectivity index (χ3v) is 5.58. The SMILES string of the molecule is CCC(C)n1c(=S)[nH]c(=O)c2c(C(F)(F)F)cc(-c3ccc4ccccc4c3)nc21. The van der Waals surface area contributed by atoms with Crippen molar-refractivity contribution in [3.63, 3.8) is 0 Å². The minimum Gasteiger partial charge on any atom is -0.300 e. The van der Waals surface area contributed by atoms with Crippen LogP contribution in [-0.4, -0.2) is 14.5 Å². The molecule has 4 nitrogen and oxygen atoms in total. The second-order valence-corrected chi connectivity index (χ2v) is 7.59. The summed E-state index contributed by atoms with van der Waals surface area (Å²) in [4.78, 5) is 19.3. The summed E-state index contributed by atoms with van der Waals surface area (Å²) in [6, 6.07) is 13.6. The van der Waals surface area contributed by atoms with Crippen LogP contribution < -0.4 is 5.56 Å². The van der Waals surface area contributed by atoms with E-state index in [4.69, 9.17) is 12.2 Å². The van der Waals surface area contributed by atoms with E-state index in [9.17, 15) is 18.0 Å². The van der Waals surface area contributed by atoms with Gasteiger partial charge in [-0.1, -0.05) is 43.3 Å². The monoisotopic (exact) mass is 429 g/mol. The minimum atomic E-state index is -4.73. The van der Waals surface area contributed by atoms with Crippen molar-refractivity contribution in [1.29, 1.82) is 0 Å². The normalized spacial score (nSPS) is 13.1. The van der Waals surface area contributed by atoms with Crippen LogP contribution in [0.5, 0.6) is 0 Å². The highest BCUT2D eigenvalue weighted by molar-refractivity contribution is 7.71. The molecule has 1 atom stereocenters. The highest BCUT2D eigenvalue weighted by Gasteiger charge is 2.35. The van der Waals surface area contributed by atoms with Gasteiger partial charge in [-0.2, -0.15) is 13.2 Å². The summed E-state index contributed by atoms with van der Waals surface area (Å²) >= 11 is 5.26. The Bertz CT molecular complexity index is 1390. The van der Waals surface area contributed by atoms with Gasteiger partial charge in [0.2, 0.25) is 0 Å². The number of pyridine rings is 1. The van der Waals surface area contributed by atoms with E-state index >= 15 is 0 Å². The molecule has 0 amide bonds. The van der Waals surface area contributed by atoms with Crippen molar-refractivity contribution in [2.24, 2.45) is 0 Å². The molecular weight excluding hydrogens is 411 g/mol. The maximum Gasteiger partial charge on any atom is 0.417 e. The van der Waals surface area contributed by atoms with E-state index in [-0.39, 0.29) is 22.2 Å². The number of nitrogens with zero attached hydrogens (tertiary/aromatic N) is 2. The largest absolute Gasteiger partial charge is 0.417 e. The molecule has 1 N–H and O–H groups in total. The fourth-order valence-corrected chi connectivity index (χ4v) is 3.92. The van der Waals surface area contributed by atoms with E-state index in [0.29, 0.717) is 12.0 Å². The first-order valence-electron chi connectivity index (χ1n) is 9.46. The number of H-pyrrole nitrogens is 1. The molecule has 1 unspecified atom stereocenters. The first-order valence-corrected chi connectivity index (χ1v) is 9.87. The molecule has 0 aliphatic heterocycles. The summed E-state index contributed by atoms with van der Waals surface area (Å²) in [5, 5.41) is 1.35. The number of rotatable bonds is 3. The lowest BCUT2D eigenvalue weighted by molar-refractivity contribution is -0.136. The highest BCUT2D eigenvalue weighted by Crippen LogP contribution is 2.36. The Labute approximate surface area is 175 Å². The average Bonchev–Trinajstić information content (AvgIpc) is 2.71. The first-order chi connectivity index (χ1) is 14.2. The Balaban J connectivity index is 2.13. The van der Waals surface area contributed by atoms with Crippen molar-refractivity contribution >= 4 is 34.0 Å². The zero-order chi connectivity index (χ0) is 21.6. The van der Waals surface area contributed by atoms with Crippen molar-refractivity contribution in [3.05, 3.63) is 69.2 Å². The fraction of sp³-hybridized carbons (Fsp3) is 0.227. The molecule has 0 spiro atoms. The van der Waals surface area contributed by atoms with Gasteiger partial charge >= 0.3 is 6.18 Å². The van der Waals surface area contributed by atoms with Crippen LogP contribution in [0.3, 0.4) is 0 Å². The number of aromatic nitrogens is 3. The zero-order valence-corrected chi connectivity index (χ0v) is 17.1. The summed E-state index contributed by atoms with van der Waals surface area (Å²) in [6.07, 6.45) is -4.12. The van der Waals surface area contributed by atoms with Gasteiger partial charge in [-0.15, -0.1) is 0 Å². The molecule has 0 saturated carbocycles. The summed E-state index contributed by atoms with van der Waals surface area (Å²) in [5.74, 6) is 0. The molecule has 0 aliphatic carbocycles. The van der Waals surface area contributed by atoms with E-state index in [1.165, 1.54) is 4.57 Å². The Morgan fingerprint density at radius 1 is 1.13 bits per heavy atom. The number of nitrogens with one attached hydrogen (secondary N) is 1. The number of hydrogen-bond acceptors (Lipinski definition) is 3. The molecule has 4 aromatic rings. The van der Waals surface area contributed by atoms with Crippen LogP contribution in [0.1, 0.15) is 31.9 Å². The van der Waals surface area contributed by atoms with Crippen molar-refractivity contribution in [3.8, 4) is 11.3 Å². The number of fused-ring (bicyclic) bond motifs is 2. The predicted octanol–water partition coefficient (Wildman–Crippen LogP) is 6.26. The molecule has 2 aromatic heterocycles. The molecule has 4 rings (SSSR count). The maximum atomic E-state index is 13.9. The van der Waals surface area contributed by atoms with E-state index < -0.39 is 22.7 Å². The highest BCUT2D eigenvalue weighted by atomic mass is 32.1. The van der Waals surface area contributed by atoms with Gasteiger partial charge in [0.15, 0.2) is 4.77 Å². The van der Waals surface area contributed by atoms with Crippen LogP contribution in [-0.2, 0) is 6.18 Å². The van der Waals surface area contributed by atoms with Gasteiger partial charge in [-0.25, -0.2) is 4.98 Å². The van der Waals surface area contributed by atoms with Crippen LogP contribution in [0.25, 0.3) is 33.1 Å². The molecule has 0 aliphatic rings. The lowest BCUT2D eigenvalue weighted by Gasteiger charge is -2.19. The van der Waals surface area contributed by atoms with Crippen LogP contribution in [0.2, 0.25) is 0 Å². The zero-order valence-electron chi connectivity index (χ0n) is 16.2. The molecule has 2 aromatic carbocycles. The number of aromatic amines is 1. The molecule has 0 fully saturated rings. The Hall–Kier alpha value is -3.00. The average molecular weight is 429 g/mol. The van der Waals surface area contributed by atoms with Gasteiger partial charge in [0.1, 0.15) is 5.65 Å². The quantitative estimate of drug-likeness (QED) is 0.391. The molecular formula is C22H18F3N3OS. The molecule has 8 heteroatoms. The van der Waals surface area contributed by atoms with E-state index in [0.717, 1.165) is 16.8 Å². The topological polar surface area (TPSA) is 50.7 Å². The van der Waals surface area contributed by atoms with Gasteiger partial charge < -0.3 is 0 Å². The van der Waals surface area contributed by atoms with Crippen LogP contribution in [0, 0.1) is 4.77 Å². The third-order valence-electron chi connectivity index (χ3n) is 5.28. The number of halogens is 3. The van der Waals surface area contributed by atoms with E-state index in [1.54, 1.807) is 12.1 Å². The molecule has 154 valence electrons. The predicted molar refractivity (Wildman–Crippen MR) is 114 cm³/mol. The lowest BCUT2D eigenvalue weighted by Crippen LogP contribution is -2.22. The lowest BCUT2D eigenvalue weighted by atomic mass is 10.0. The molecule has 2 heterocycles. The second-order valence-electron chi connectivity index (χ2n) is 7.20. The smallest absolute Gasteiger partial charge is 0.300 e. The van der Waals surface area contributed by atoms with Gasteiger partial charge in [0, 0.05) is 11.6 Å². The van der Waals surface area contributed by atoms with Crippen LogP contribution >= 0.6 is 12.2 Å².